The van der Waals surface area contributed by atoms with E-state index in [0.29, 0.717) is 12.2 Å². The first-order valence-corrected chi connectivity index (χ1v) is 6.28. The second kappa shape index (κ2) is 7.40. The highest BCUT2D eigenvalue weighted by molar-refractivity contribution is 5.82. The van der Waals surface area contributed by atoms with Gasteiger partial charge in [0.25, 0.3) is 0 Å². The van der Waals surface area contributed by atoms with Crippen LogP contribution in [0.2, 0.25) is 0 Å². The summed E-state index contributed by atoms with van der Waals surface area (Å²) in [7, 11) is 1.82. The molecule has 1 aromatic heterocycles. The molecule has 1 heterocycles. The molecular weight excluding hydrogens is 248 g/mol. The first kappa shape index (κ1) is 15.0. The van der Waals surface area contributed by atoms with E-state index in [4.69, 9.17) is 5.11 Å². The molecule has 0 aliphatic heterocycles. The quantitative estimate of drug-likeness (QED) is 0.683. The van der Waals surface area contributed by atoms with Crippen molar-refractivity contribution in [3.05, 3.63) is 18.2 Å². The number of unbranched alkanes of at least 4 members (excludes halogenated alkanes) is 1. The fourth-order valence-electron chi connectivity index (χ4n) is 1.60. The average Bonchev–Trinajstić information content (AvgIpc) is 2.77. The van der Waals surface area contributed by atoms with Crippen LogP contribution in [0.1, 0.15) is 32.0 Å². The zero-order valence-corrected chi connectivity index (χ0v) is 11.2. The van der Waals surface area contributed by atoms with Crippen LogP contribution in [0.3, 0.4) is 0 Å². The van der Waals surface area contributed by atoms with Crippen LogP contribution in [0.4, 0.5) is 4.79 Å². The third kappa shape index (κ3) is 4.99. The van der Waals surface area contributed by atoms with Crippen molar-refractivity contribution in [1.82, 2.24) is 20.2 Å². The number of nitrogens with zero attached hydrogens (tertiary/aromatic N) is 2. The normalized spacial score (nSPS) is 11.9. The van der Waals surface area contributed by atoms with Gasteiger partial charge in [0.15, 0.2) is 0 Å². The summed E-state index contributed by atoms with van der Waals surface area (Å²) in [4.78, 5) is 26.6. The number of carbonyl (C=O) groups excluding carboxylic acids is 1. The summed E-state index contributed by atoms with van der Waals surface area (Å²) in [6.45, 7) is 2.23. The lowest BCUT2D eigenvalue weighted by Gasteiger charge is -2.14. The summed E-state index contributed by atoms with van der Waals surface area (Å²) in [5, 5.41) is 14.0. The molecule has 0 aromatic carbocycles. The van der Waals surface area contributed by atoms with Gasteiger partial charge < -0.3 is 20.3 Å². The number of aliphatic carboxylic acids is 1. The molecule has 106 valence electrons. The van der Waals surface area contributed by atoms with Gasteiger partial charge in [-0.15, -0.1) is 0 Å². The summed E-state index contributed by atoms with van der Waals surface area (Å²) in [6.07, 6.45) is 5.49. The highest BCUT2D eigenvalue weighted by atomic mass is 16.4. The first-order valence-electron chi connectivity index (χ1n) is 6.28. The summed E-state index contributed by atoms with van der Waals surface area (Å²) in [6, 6.07) is -1.34. The lowest BCUT2D eigenvalue weighted by molar-refractivity contribution is -0.139. The van der Waals surface area contributed by atoms with Gasteiger partial charge in [0, 0.05) is 19.4 Å². The number of hydrogen-bond acceptors (Lipinski definition) is 3. The van der Waals surface area contributed by atoms with Gasteiger partial charge in [-0.2, -0.15) is 0 Å². The maximum atomic E-state index is 11.6. The molecule has 7 heteroatoms. The maximum absolute atomic E-state index is 11.6. The van der Waals surface area contributed by atoms with Crippen molar-refractivity contribution in [3.8, 4) is 0 Å². The number of urea groups is 1. The molecule has 1 rings (SSSR count). The van der Waals surface area contributed by atoms with Gasteiger partial charge in [0.05, 0.1) is 6.54 Å². The third-order valence-corrected chi connectivity index (χ3v) is 2.78. The van der Waals surface area contributed by atoms with Crippen LogP contribution in [-0.2, 0) is 18.4 Å². The van der Waals surface area contributed by atoms with Crippen LogP contribution in [0.25, 0.3) is 0 Å². The molecule has 2 amide bonds. The van der Waals surface area contributed by atoms with Gasteiger partial charge in [0.2, 0.25) is 0 Å². The minimum Gasteiger partial charge on any atom is -0.480 e. The molecule has 0 saturated heterocycles. The minimum atomic E-state index is -1.01. The lowest BCUT2D eigenvalue weighted by Crippen LogP contribution is -2.45. The average molecular weight is 268 g/mol. The number of imidazole rings is 1. The lowest BCUT2D eigenvalue weighted by atomic mass is 10.1. The number of aromatic nitrogens is 2. The van der Waals surface area contributed by atoms with Gasteiger partial charge in [-0.1, -0.05) is 19.8 Å². The van der Waals surface area contributed by atoms with E-state index in [1.165, 1.54) is 0 Å². The minimum absolute atomic E-state index is 0.259. The largest absolute Gasteiger partial charge is 0.480 e. The number of rotatable bonds is 7. The van der Waals surface area contributed by atoms with Gasteiger partial charge >= 0.3 is 12.0 Å². The zero-order valence-electron chi connectivity index (χ0n) is 11.2. The summed E-state index contributed by atoms with van der Waals surface area (Å²) >= 11 is 0. The van der Waals surface area contributed by atoms with E-state index < -0.39 is 18.0 Å². The highest BCUT2D eigenvalue weighted by Crippen LogP contribution is 2.01. The smallest absolute Gasteiger partial charge is 0.326 e. The van der Waals surface area contributed by atoms with Crippen LogP contribution in [-0.4, -0.2) is 32.7 Å². The van der Waals surface area contributed by atoms with Crippen LogP contribution in [0.15, 0.2) is 12.4 Å². The predicted octanol–water partition coefficient (Wildman–Crippen LogP) is 0.863. The number of carboxylic acids is 1. The van der Waals surface area contributed by atoms with Crippen molar-refractivity contribution in [2.45, 2.75) is 38.8 Å². The Morgan fingerprint density at radius 1 is 1.53 bits per heavy atom. The standard InChI is InChI=1S/C12H20N4O3/c1-3-4-5-9(11(17)18)15-12(19)14-8-10-13-6-7-16(10)2/h6-7,9H,3-5,8H2,1-2H3,(H,17,18)(H2,14,15,19). The van der Waals surface area contributed by atoms with E-state index >= 15 is 0 Å². The topological polar surface area (TPSA) is 96.3 Å². The van der Waals surface area contributed by atoms with Crippen molar-refractivity contribution >= 4 is 12.0 Å². The second-order valence-corrected chi connectivity index (χ2v) is 4.31. The fourth-order valence-corrected chi connectivity index (χ4v) is 1.60. The van der Waals surface area contributed by atoms with E-state index in [1.54, 1.807) is 17.0 Å². The Balaban J connectivity index is 2.40. The van der Waals surface area contributed by atoms with Crippen molar-refractivity contribution in [1.29, 1.82) is 0 Å². The Kier molecular flexibility index (Phi) is 5.84. The molecule has 1 atom stereocenters. The monoisotopic (exact) mass is 268 g/mol. The predicted molar refractivity (Wildman–Crippen MR) is 69.5 cm³/mol. The summed E-state index contributed by atoms with van der Waals surface area (Å²) < 4.78 is 1.78. The zero-order chi connectivity index (χ0) is 14.3. The maximum Gasteiger partial charge on any atom is 0.326 e. The molecule has 0 bridgehead atoms. The Hall–Kier alpha value is -2.05. The molecule has 0 aliphatic carbocycles. The molecule has 7 nitrogen and oxygen atoms in total. The number of amides is 2. The van der Waals surface area contributed by atoms with Crippen molar-refractivity contribution in [3.63, 3.8) is 0 Å². The van der Waals surface area contributed by atoms with Crippen molar-refractivity contribution in [2.24, 2.45) is 7.05 Å². The van der Waals surface area contributed by atoms with Gasteiger partial charge in [-0.25, -0.2) is 14.6 Å². The Morgan fingerprint density at radius 3 is 2.79 bits per heavy atom. The summed E-state index contributed by atoms with van der Waals surface area (Å²) in [5.41, 5.74) is 0. The van der Waals surface area contributed by atoms with E-state index in [1.807, 2.05) is 14.0 Å². The molecule has 0 aliphatic rings. The van der Waals surface area contributed by atoms with Crippen LogP contribution >= 0.6 is 0 Å². The molecule has 0 spiro atoms. The van der Waals surface area contributed by atoms with E-state index in [2.05, 4.69) is 15.6 Å². The number of hydrogen-bond donors (Lipinski definition) is 3. The number of carboxylic acid groups (broad SMARTS) is 1. The molecule has 3 N–H and O–H groups in total. The van der Waals surface area contributed by atoms with E-state index in [0.717, 1.165) is 12.8 Å². The number of carbonyl (C=O) groups is 2. The van der Waals surface area contributed by atoms with E-state index in [9.17, 15) is 9.59 Å². The van der Waals surface area contributed by atoms with Gasteiger partial charge in [0.1, 0.15) is 11.9 Å². The Bertz CT molecular complexity index is 430. The number of aryl methyl sites for hydroxylation is 1. The fraction of sp³-hybridized carbons (Fsp3) is 0.583. The van der Waals surface area contributed by atoms with Crippen molar-refractivity contribution in [2.75, 3.05) is 0 Å². The SMILES string of the molecule is CCCCC(NC(=O)NCc1nccn1C)C(=O)O. The molecule has 0 fully saturated rings. The van der Waals surface area contributed by atoms with Crippen LogP contribution < -0.4 is 10.6 Å². The van der Waals surface area contributed by atoms with Gasteiger partial charge in [-0.3, -0.25) is 0 Å². The molecule has 19 heavy (non-hydrogen) atoms. The molecule has 0 saturated carbocycles. The molecular formula is C12H20N4O3. The Labute approximate surface area is 112 Å². The molecule has 1 unspecified atom stereocenters. The van der Waals surface area contributed by atoms with Crippen LogP contribution in [0, 0.1) is 0 Å². The third-order valence-electron chi connectivity index (χ3n) is 2.78. The number of nitrogens with one attached hydrogen (secondary N) is 2. The molecule has 0 radical (unpaired) electrons. The Morgan fingerprint density at radius 2 is 2.26 bits per heavy atom. The summed E-state index contributed by atoms with van der Waals surface area (Å²) in [5.74, 6) is -0.309. The van der Waals surface area contributed by atoms with E-state index in [-0.39, 0.29) is 6.54 Å². The second-order valence-electron chi connectivity index (χ2n) is 4.31. The van der Waals surface area contributed by atoms with Gasteiger partial charge in [-0.05, 0) is 6.42 Å². The molecule has 1 aromatic rings. The first-order chi connectivity index (χ1) is 9.04. The van der Waals surface area contributed by atoms with Crippen molar-refractivity contribution < 1.29 is 14.7 Å². The highest BCUT2D eigenvalue weighted by Gasteiger charge is 2.18. The van der Waals surface area contributed by atoms with Crippen LogP contribution in [0.5, 0.6) is 0 Å².